The summed E-state index contributed by atoms with van der Waals surface area (Å²) in [7, 11) is 0. The first kappa shape index (κ1) is 31.2. The molecule has 1 fully saturated rings. The van der Waals surface area contributed by atoms with Gasteiger partial charge in [0, 0.05) is 74.3 Å². The molecule has 216 valence electrons. The normalized spacial score (nSPS) is 22.0. The van der Waals surface area contributed by atoms with Crippen LogP contribution < -0.4 is 5.32 Å². The summed E-state index contributed by atoms with van der Waals surface area (Å²) in [6.07, 6.45) is 9.33. The van der Waals surface area contributed by atoms with Crippen molar-refractivity contribution in [2.24, 2.45) is 15.9 Å². The predicted octanol–water partition coefficient (Wildman–Crippen LogP) is 8.09. The van der Waals surface area contributed by atoms with Crippen LogP contribution in [0.2, 0.25) is 0 Å². The van der Waals surface area contributed by atoms with Crippen LogP contribution >= 0.6 is 0 Å². The maximum atomic E-state index is 14.1. The number of aliphatic imine (C=N–C) groups is 2. The fourth-order valence-electron chi connectivity index (χ4n) is 5.38. The van der Waals surface area contributed by atoms with Gasteiger partial charge in [-0.3, -0.25) is 9.98 Å². The highest BCUT2D eigenvalue weighted by atomic mass is 19.1. The molecule has 1 N–H and O–H groups in total. The van der Waals surface area contributed by atoms with Crippen LogP contribution in [-0.4, -0.2) is 48.5 Å². The van der Waals surface area contributed by atoms with E-state index in [0.29, 0.717) is 24.1 Å². The zero-order valence-electron chi connectivity index (χ0n) is 25.0. The molecule has 3 aliphatic rings. The molecule has 2 atom stereocenters. The van der Waals surface area contributed by atoms with E-state index in [1.807, 2.05) is 33.0 Å². The van der Waals surface area contributed by atoms with E-state index in [4.69, 9.17) is 9.98 Å². The number of allylic oxidation sites excluding steroid dienone is 7. The van der Waals surface area contributed by atoms with Crippen molar-refractivity contribution in [3.8, 4) is 0 Å². The molecule has 6 heteroatoms. The maximum absolute atomic E-state index is 14.1. The van der Waals surface area contributed by atoms with Crippen LogP contribution in [0.15, 0.2) is 93.8 Å². The zero-order valence-corrected chi connectivity index (χ0v) is 25.0. The van der Waals surface area contributed by atoms with Gasteiger partial charge in [-0.15, -0.1) is 0 Å². The van der Waals surface area contributed by atoms with E-state index in [-0.39, 0.29) is 13.4 Å². The fraction of sp³-hybridized carbons (Fsp3) is 0.412. The van der Waals surface area contributed by atoms with Crippen molar-refractivity contribution >= 4 is 17.0 Å². The molecule has 0 spiro atoms. The average molecular weight is 549 g/mol. The number of nitrogens with one attached hydrogen (secondary N) is 1. The Morgan fingerprint density at radius 3 is 2.55 bits per heavy atom. The standard InChI is InChI=1S/C32H38F2N4.C2H6.H2/c1-7-28(31-24(6)20(2)9-8-11-37-31)30-29(15-22(4)25-16-26(33)18-27(34)17-25)36-12-10-21(3)32(30)38-14-13-35-19-23(38)5;1-2;/h7-8,10-11,16-18,23-24,35H,2,4,9,12-15,19H2,1,3,5-6H3;1-2H3;1H/b28-7+;;/t23-,24?;;/m0../s1. The van der Waals surface area contributed by atoms with Gasteiger partial charge in [0.05, 0.1) is 12.3 Å². The summed E-state index contributed by atoms with van der Waals surface area (Å²) < 4.78 is 28.1. The van der Waals surface area contributed by atoms with Crippen molar-refractivity contribution in [3.63, 3.8) is 0 Å². The first-order chi connectivity index (χ1) is 19.2. The Labute approximate surface area is 240 Å². The molecule has 0 bridgehead atoms. The number of benzene rings is 1. The molecule has 4 rings (SSSR count). The van der Waals surface area contributed by atoms with Gasteiger partial charge in [0.2, 0.25) is 0 Å². The van der Waals surface area contributed by atoms with Gasteiger partial charge in [-0.05, 0) is 56.0 Å². The lowest BCUT2D eigenvalue weighted by molar-refractivity contribution is 0.226. The molecular formula is C34H46F2N4. The zero-order chi connectivity index (χ0) is 29.4. The molecule has 0 saturated carbocycles. The summed E-state index contributed by atoms with van der Waals surface area (Å²) >= 11 is 0. The molecular weight excluding hydrogens is 502 g/mol. The van der Waals surface area contributed by atoms with E-state index >= 15 is 0 Å². The van der Waals surface area contributed by atoms with E-state index in [9.17, 15) is 8.78 Å². The van der Waals surface area contributed by atoms with Gasteiger partial charge in [-0.1, -0.05) is 57.7 Å². The molecule has 0 aromatic heterocycles. The number of piperazine rings is 1. The second kappa shape index (κ2) is 14.3. The van der Waals surface area contributed by atoms with Gasteiger partial charge in [-0.2, -0.15) is 0 Å². The minimum atomic E-state index is -0.617. The second-order valence-corrected chi connectivity index (χ2v) is 10.3. The molecule has 0 amide bonds. The van der Waals surface area contributed by atoms with Crippen molar-refractivity contribution < 1.29 is 10.2 Å². The van der Waals surface area contributed by atoms with Gasteiger partial charge in [0.1, 0.15) is 11.6 Å². The minimum absolute atomic E-state index is 0. The van der Waals surface area contributed by atoms with Crippen LogP contribution in [0.3, 0.4) is 0 Å². The third kappa shape index (κ3) is 7.03. The first-order valence-corrected chi connectivity index (χ1v) is 14.3. The van der Waals surface area contributed by atoms with Crippen molar-refractivity contribution in [1.82, 2.24) is 10.2 Å². The summed E-state index contributed by atoms with van der Waals surface area (Å²) in [6.45, 7) is 24.3. The summed E-state index contributed by atoms with van der Waals surface area (Å²) in [4.78, 5) is 12.4. The predicted molar refractivity (Wildman–Crippen MR) is 169 cm³/mol. The molecule has 1 unspecified atom stereocenters. The molecule has 40 heavy (non-hydrogen) atoms. The number of rotatable bonds is 6. The van der Waals surface area contributed by atoms with E-state index in [0.717, 1.165) is 71.5 Å². The van der Waals surface area contributed by atoms with Crippen LogP contribution in [0.4, 0.5) is 8.78 Å². The Kier molecular flexibility index (Phi) is 11.1. The second-order valence-electron chi connectivity index (χ2n) is 10.3. The van der Waals surface area contributed by atoms with Crippen LogP contribution in [0.5, 0.6) is 0 Å². The van der Waals surface area contributed by atoms with Crippen LogP contribution in [0.1, 0.15) is 61.4 Å². The summed E-state index contributed by atoms with van der Waals surface area (Å²) in [6, 6.07) is 3.82. The number of halogens is 2. The number of nitrogens with zero attached hydrogens (tertiary/aromatic N) is 3. The Morgan fingerprint density at radius 1 is 1.20 bits per heavy atom. The van der Waals surface area contributed by atoms with Crippen molar-refractivity contribution in [2.45, 2.75) is 60.4 Å². The van der Waals surface area contributed by atoms with Gasteiger partial charge in [0.15, 0.2) is 0 Å². The SMILES string of the molecule is C=C(CC1=NCC=C(C)C(N2CCNC[C@@H]2C)=C1/C(=C\C)C1=NC=CCC(=C)C1C)c1cc(F)cc(F)c1.CC.[HH]. The fourth-order valence-corrected chi connectivity index (χ4v) is 5.38. The Morgan fingerprint density at radius 2 is 1.90 bits per heavy atom. The number of hydrogen-bond donors (Lipinski definition) is 1. The Bertz CT molecular complexity index is 1300. The molecule has 4 nitrogen and oxygen atoms in total. The van der Waals surface area contributed by atoms with E-state index in [2.05, 4.69) is 56.3 Å². The van der Waals surface area contributed by atoms with Gasteiger partial charge >= 0.3 is 0 Å². The van der Waals surface area contributed by atoms with Crippen molar-refractivity contribution in [2.75, 3.05) is 26.2 Å². The smallest absolute Gasteiger partial charge is 0.126 e. The van der Waals surface area contributed by atoms with Crippen LogP contribution in [-0.2, 0) is 0 Å². The quantitative estimate of drug-likeness (QED) is 0.365. The highest BCUT2D eigenvalue weighted by Gasteiger charge is 2.32. The van der Waals surface area contributed by atoms with Gasteiger partial charge < -0.3 is 10.2 Å². The lowest BCUT2D eigenvalue weighted by Gasteiger charge is -2.40. The molecule has 0 aliphatic carbocycles. The van der Waals surface area contributed by atoms with Gasteiger partial charge in [-0.25, -0.2) is 8.78 Å². The van der Waals surface area contributed by atoms with E-state index < -0.39 is 11.6 Å². The Hall–Kier alpha value is -3.38. The monoisotopic (exact) mass is 548 g/mol. The third-order valence-corrected chi connectivity index (χ3v) is 7.57. The average Bonchev–Trinajstić information content (AvgIpc) is 3.19. The topological polar surface area (TPSA) is 40.0 Å². The third-order valence-electron chi connectivity index (χ3n) is 7.57. The highest BCUT2D eigenvalue weighted by molar-refractivity contribution is 6.20. The minimum Gasteiger partial charge on any atom is -0.366 e. The summed E-state index contributed by atoms with van der Waals surface area (Å²) in [5, 5.41) is 3.49. The first-order valence-electron chi connectivity index (χ1n) is 14.3. The van der Waals surface area contributed by atoms with E-state index in [1.54, 1.807) is 0 Å². The molecule has 1 aromatic rings. The largest absolute Gasteiger partial charge is 0.366 e. The van der Waals surface area contributed by atoms with Gasteiger partial charge in [0.25, 0.3) is 0 Å². The summed E-state index contributed by atoms with van der Waals surface area (Å²) in [5.41, 5.74) is 8.27. The Balaban J connectivity index is 0.00000192. The van der Waals surface area contributed by atoms with Crippen LogP contribution in [0, 0.1) is 17.6 Å². The molecule has 3 heterocycles. The van der Waals surface area contributed by atoms with Crippen molar-refractivity contribution in [3.05, 3.63) is 101 Å². The summed E-state index contributed by atoms with van der Waals surface area (Å²) in [5.74, 6) is -1.18. The highest BCUT2D eigenvalue weighted by Crippen LogP contribution is 2.36. The van der Waals surface area contributed by atoms with Crippen LogP contribution in [0.25, 0.3) is 5.57 Å². The number of hydrogen-bond acceptors (Lipinski definition) is 4. The molecule has 0 radical (unpaired) electrons. The molecule has 1 aromatic carbocycles. The lowest BCUT2D eigenvalue weighted by atomic mass is 9.82. The molecule has 1 saturated heterocycles. The maximum Gasteiger partial charge on any atom is 0.126 e. The molecule has 3 aliphatic heterocycles. The van der Waals surface area contributed by atoms with Crippen molar-refractivity contribution in [1.29, 1.82) is 0 Å². The van der Waals surface area contributed by atoms with E-state index in [1.165, 1.54) is 12.1 Å². The lowest BCUT2D eigenvalue weighted by Crippen LogP contribution is -2.49.